The Hall–Kier alpha value is -3.45. The summed E-state index contributed by atoms with van der Waals surface area (Å²) in [5.74, 6) is -0.933. The van der Waals surface area contributed by atoms with Crippen molar-refractivity contribution in [2.45, 2.75) is 6.61 Å². The van der Waals surface area contributed by atoms with Crippen molar-refractivity contribution in [1.29, 1.82) is 0 Å². The lowest BCUT2D eigenvalue weighted by Gasteiger charge is -2.06. The van der Waals surface area contributed by atoms with Gasteiger partial charge in [0.15, 0.2) is 0 Å². The lowest BCUT2D eigenvalue weighted by Crippen LogP contribution is -2.32. The van der Waals surface area contributed by atoms with E-state index in [4.69, 9.17) is 4.74 Å². The van der Waals surface area contributed by atoms with Crippen molar-refractivity contribution in [3.05, 3.63) is 94.5 Å². The van der Waals surface area contributed by atoms with Gasteiger partial charge in [-0.1, -0.05) is 52.3 Å². The summed E-state index contributed by atoms with van der Waals surface area (Å²) in [6, 6.07) is 24.1. The Labute approximate surface area is 176 Å². The molecule has 3 aromatic carbocycles. The van der Waals surface area contributed by atoms with Gasteiger partial charge < -0.3 is 10.1 Å². The lowest BCUT2D eigenvalue weighted by molar-refractivity contribution is -0.136. The number of carbonyl (C=O) groups excluding carboxylic acids is 2. The number of ether oxygens (including phenoxy) is 1. The molecule has 6 nitrogen and oxygen atoms in total. The number of nitrogens with one attached hydrogen (secondary N) is 2. The summed E-state index contributed by atoms with van der Waals surface area (Å²) in [6.45, 7) is 0.484. The van der Waals surface area contributed by atoms with Gasteiger partial charge in [-0.25, -0.2) is 5.43 Å². The SMILES string of the molecule is O=C(N/N=C/c1ccc(OCc2ccccc2)cc1)C(=O)Nc1cccc(Br)c1. The number of amides is 2. The highest BCUT2D eigenvalue weighted by molar-refractivity contribution is 9.10. The van der Waals surface area contributed by atoms with Gasteiger partial charge in [0.1, 0.15) is 12.4 Å². The molecule has 2 amide bonds. The van der Waals surface area contributed by atoms with Gasteiger partial charge in [0, 0.05) is 10.2 Å². The zero-order valence-electron chi connectivity index (χ0n) is 15.3. The molecule has 0 saturated carbocycles. The first-order valence-electron chi connectivity index (χ1n) is 8.77. The summed E-state index contributed by atoms with van der Waals surface area (Å²) < 4.78 is 6.51. The smallest absolute Gasteiger partial charge is 0.329 e. The van der Waals surface area contributed by atoms with Crippen molar-refractivity contribution >= 4 is 39.6 Å². The first-order valence-corrected chi connectivity index (χ1v) is 9.56. The number of carbonyl (C=O) groups is 2. The molecule has 0 radical (unpaired) electrons. The van der Waals surface area contributed by atoms with Crippen molar-refractivity contribution in [3.63, 3.8) is 0 Å². The van der Waals surface area contributed by atoms with Gasteiger partial charge in [-0.3, -0.25) is 9.59 Å². The predicted molar refractivity (Wildman–Crippen MR) is 116 cm³/mol. The summed E-state index contributed by atoms with van der Waals surface area (Å²) in [6.07, 6.45) is 1.45. The summed E-state index contributed by atoms with van der Waals surface area (Å²) in [5, 5.41) is 6.30. The van der Waals surface area contributed by atoms with Crippen molar-refractivity contribution < 1.29 is 14.3 Å². The topological polar surface area (TPSA) is 79.8 Å². The summed E-state index contributed by atoms with van der Waals surface area (Å²) >= 11 is 3.30. The lowest BCUT2D eigenvalue weighted by atomic mass is 10.2. The van der Waals surface area contributed by atoms with Crippen LogP contribution in [0.4, 0.5) is 5.69 Å². The molecule has 0 unspecified atom stereocenters. The van der Waals surface area contributed by atoms with Crippen LogP contribution in [0.25, 0.3) is 0 Å². The highest BCUT2D eigenvalue weighted by atomic mass is 79.9. The van der Waals surface area contributed by atoms with Crippen LogP contribution in [-0.2, 0) is 16.2 Å². The molecule has 0 fully saturated rings. The average molecular weight is 452 g/mol. The second-order valence-electron chi connectivity index (χ2n) is 6.01. The minimum atomic E-state index is -0.857. The van der Waals surface area contributed by atoms with E-state index in [0.29, 0.717) is 12.3 Å². The minimum Gasteiger partial charge on any atom is -0.489 e. The molecule has 0 atom stereocenters. The van der Waals surface area contributed by atoms with Crippen molar-refractivity contribution in [2.75, 3.05) is 5.32 Å². The number of anilines is 1. The maximum atomic E-state index is 11.9. The van der Waals surface area contributed by atoms with Crippen LogP contribution in [0.1, 0.15) is 11.1 Å². The van der Waals surface area contributed by atoms with Gasteiger partial charge in [0.25, 0.3) is 0 Å². The Morgan fingerprint density at radius 3 is 2.41 bits per heavy atom. The molecule has 7 heteroatoms. The first-order chi connectivity index (χ1) is 14.1. The van der Waals surface area contributed by atoms with E-state index in [0.717, 1.165) is 21.3 Å². The molecule has 3 rings (SSSR count). The Morgan fingerprint density at radius 2 is 1.69 bits per heavy atom. The van der Waals surface area contributed by atoms with E-state index in [-0.39, 0.29) is 0 Å². The molecule has 2 N–H and O–H groups in total. The molecule has 0 bridgehead atoms. The number of hydrogen-bond donors (Lipinski definition) is 2. The van der Waals surface area contributed by atoms with Crippen LogP contribution in [0, 0.1) is 0 Å². The third-order valence-corrected chi connectivity index (χ3v) is 4.29. The molecule has 0 aliphatic rings. The highest BCUT2D eigenvalue weighted by Gasteiger charge is 2.12. The first kappa shape index (κ1) is 20.3. The van der Waals surface area contributed by atoms with Crippen molar-refractivity contribution in [2.24, 2.45) is 5.10 Å². The Balaban J connectivity index is 1.47. The molecule has 0 aliphatic carbocycles. The average Bonchev–Trinajstić information content (AvgIpc) is 2.74. The predicted octanol–water partition coefficient (Wildman–Crippen LogP) is 4.12. The molecule has 0 spiro atoms. The fourth-order valence-electron chi connectivity index (χ4n) is 2.36. The molecule has 146 valence electrons. The van der Waals surface area contributed by atoms with Gasteiger partial charge >= 0.3 is 11.8 Å². The molecule has 0 aliphatic heterocycles. The number of hydrazone groups is 1. The Bertz CT molecular complexity index is 1010. The van der Waals surface area contributed by atoms with Crippen LogP contribution >= 0.6 is 15.9 Å². The van der Waals surface area contributed by atoms with E-state index in [1.807, 2.05) is 48.5 Å². The van der Waals surface area contributed by atoms with Crippen LogP contribution in [-0.4, -0.2) is 18.0 Å². The van der Waals surface area contributed by atoms with E-state index in [9.17, 15) is 9.59 Å². The standard InChI is InChI=1S/C22H18BrN3O3/c23-18-7-4-8-19(13-18)25-21(27)22(28)26-24-14-16-9-11-20(12-10-16)29-15-17-5-2-1-3-6-17/h1-14H,15H2,(H,25,27)(H,26,28)/b24-14+. The zero-order chi connectivity index (χ0) is 20.5. The third-order valence-electron chi connectivity index (χ3n) is 3.80. The molecule has 0 aromatic heterocycles. The van der Waals surface area contributed by atoms with E-state index in [1.54, 1.807) is 30.3 Å². The largest absolute Gasteiger partial charge is 0.489 e. The van der Waals surface area contributed by atoms with Crippen LogP contribution in [0.3, 0.4) is 0 Å². The van der Waals surface area contributed by atoms with Crippen molar-refractivity contribution in [1.82, 2.24) is 5.43 Å². The van der Waals surface area contributed by atoms with E-state index in [2.05, 4.69) is 31.8 Å². The summed E-state index contributed by atoms with van der Waals surface area (Å²) in [5.41, 5.74) is 4.55. The minimum absolute atomic E-state index is 0.484. The van der Waals surface area contributed by atoms with Crippen LogP contribution < -0.4 is 15.5 Å². The van der Waals surface area contributed by atoms with Gasteiger partial charge in [-0.2, -0.15) is 5.10 Å². The van der Waals surface area contributed by atoms with Crippen LogP contribution in [0.15, 0.2) is 88.4 Å². The molecule has 0 heterocycles. The van der Waals surface area contributed by atoms with Crippen molar-refractivity contribution in [3.8, 4) is 5.75 Å². The number of halogens is 1. The zero-order valence-corrected chi connectivity index (χ0v) is 16.9. The number of rotatable bonds is 6. The second kappa shape index (κ2) is 10.2. The highest BCUT2D eigenvalue weighted by Crippen LogP contribution is 2.15. The summed E-state index contributed by atoms with van der Waals surface area (Å²) in [4.78, 5) is 23.7. The van der Waals surface area contributed by atoms with E-state index < -0.39 is 11.8 Å². The molecule has 29 heavy (non-hydrogen) atoms. The van der Waals surface area contributed by atoms with Gasteiger partial charge in [0.05, 0.1) is 6.21 Å². The maximum Gasteiger partial charge on any atom is 0.329 e. The summed E-state index contributed by atoms with van der Waals surface area (Å²) in [7, 11) is 0. The normalized spacial score (nSPS) is 10.5. The second-order valence-corrected chi connectivity index (χ2v) is 6.92. The Morgan fingerprint density at radius 1 is 0.931 bits per heavy atom. The molecular weight excluding hydrogens is 434 g/mol. The maximum absolute atomic E-state index is 11.9. The van der Waals surface area contributed by atoms with Gasteiger partial charge in [-0.05, 0) is 53.6 Å². The van der Waals surface area contributed by atoms with Crippen LogP contribution in [0.2, 0.25) is 0 Å². The van der Waals surface area contributed by atoms with Gasteiger partial charge in [0.2, 0.25) is 0 Å². The fourth-order valence-corrected chi connectivity index (χ4v) is 2.76. The molecule has 0 saturated heterocycles. The number of nitrogens with zero attached hydrogens (tertiary/aromatic N) is 1. The van der Waals surface area contributed by atoms with E-state index in [1.165, 1.54) is 6.21 Å². The van der Waals surface area contributed by atoms with Crippen LogP contribution in [0.5, 0.6) is 5.75 Å². The Kier molecular flexibility index (Phi) is 7.13. The van der Waals surface area contributed by atoms with E-state index >= 15 is 0 Å². The quantitative estimate of drug-likeness (QED) is 0.336. The monoisotopic (exact) mass is 451 g/mol. The third kappa shape index (κ3) is 6.58. The molecule has 3 aromatic rings. The van der Waals surface area contributed by atoms with Gasteiger partial charge in [-0.15, -0.1) is 0 Å². The number of hydrogen-bond acceptors (Lipinski definition) is 4. The fraction of sp³-hybridized carbons (Fsp3) is 0.0455. The number of benzene rings is 3. The molecular formula is C22H18BrN3O3.